The van der Waals surface area contributed by atoms with Crippen molar-refractivity contribution in [1.29, 1.82) is 0 Å². The number of methoxy groups -OCH3 is 1. The number of halogens is 1. The summed E-state index contributed by atoms with van der Waals surface area (Å²) in [4.78, 5) is 11.9. The van der Waals surface area contributed by atoms with E-state index in [9.17, 15) is 9.18 Å². The van der Waals surface area contributed by atoms with Crippen LogP contribution in [0.25, 0.3) is 0 Å². The monoisotopic (exact) mass is 222 g/mol. The van der Waals surface area contributed by atoms with Gasteiger partial charge in [0.1, 0.15) is 5.82 Å². The van der Waals surface area contributed by atoms with Gasteiger partial charge in [-0.3, -0.25) is 4.79 Å². The number of hydrogen-bond donors (Lipinski definition) is 0. The molecule has 2 rings (SSSR count). The lowest BCUT2D eigenvalue weighted by atomic mass is 9.76. The summed E-state index contributed by atoms with van der Waals surface area (Å²) in [6.45, 7) is 0. The van der Waals surface area contributed by atoms with Gasteiger partial charge in [-0.05, 0) is 31.4 Å². The van der Waals surface area contributed by atoms with Crippen LogP contribution >= 0.6 is 0 Å². The van der Waals surface area contributed by atoms with Gasteiger partial charge in [0, 0.05) is 19.1 Å². The average Bonchev–Trinajstić information content (AvgIpc) is 2.23. The molecular formula is C13H15FO2. The Morgan fingerprint density at radius 1 is 1.50 bits per heavy atom. The van der Waals surface area contributed by atoms with Crippen molar-refractivity contribution in [2.45, 2.75) is 31.3 Å². The molecule has 0 unspecified atom stereocenters. The minimum Gasteiger partial charge on any atom is -0.378 e. The molecule has 86 valence electrons. The Kier molecular flexibility index (Phi) is 3.06. The standard InChI is InChI=1S/C13H15FO2/c1-16-13(6-3-7-13)9-12(15)10-4-2-5-11(14)8-10/h2,4-5,8H,3,6-7,9H2,1H3. The average molecular weight is 222 g/mol. The highest BCUT2D eigenvalue weighted by molar-refractivity contribution is 5.96. The molecule has 1 aliphatic rings. The minimum atomic E-state index is -0.370. The first-order valence-electron chi connectivity index (χ1n) is 5.49. The van der Waals surface area contributed by atoms with Gasteiger partial charge in [0.05, 0.1) is 5.60 Å². The first-order chi connectivity index (χ1) is 7.65. The van der Waals surface area contributed by atoms with E-state index < -0.39 is 0 Å². The second-order valence-electron chi connectivity index (χ2n) is 4.35. The third-order valence-electron chi connectivity index (χ3n) is 3.33. The number of ketones is 1. The zero-order valence-corrected chi connectivity index (χ0v) is 9.33. The van der Waals surface area contributed by atoms with Gasteiger partial charge in [-0.2, -0.15) is 0 Å². The van der Waals surface area contributed by atoms with Crippen LogP contribution in [0.3, 0.4) is 0 Å². The summed E-state index contributed by atoms with van der Waals surface area (Å²) in [6.07, 6.45) is 3.30. The number of carbonyl (C=O) groups excluding carboxylic acids is 1. The molecule has 1 aromatic carbocycles. The Bertz CT molecular complexity index is 391. The topological polar surface area (TPSA) is 26.3 Å². The number of Topliss-reactive ketones (excluding diaryl/α,β-unsaturated/α-hetero) is 1. The maximum atomic E-state index is 13.0. The molecule has 16 heavy (non-hydrogen) atoms. The fourth-order valence-electron chi connectivity index (χ4n) is 2.08. The predicted octanol–water partition coefficient (Wildman–Crippen LogP) is 2.97. The molecule has 1 aliphatic carbocycles. The molecule has 1 saturated carbocycles. The van der Waals surface area contributed by atoms with E-state index in [-0.39, 0.29) is 17.2 Å². The van der Waals surface area contributed by atoms with Crippen LogP contribution in [-0.2, 0) is 4.74 Å². The zero-order chi connectivity index (χ0) is 11.6. The summed E-state index contributed by atoms with van der Waals surface area (Å²) in [5, 5.41) is 0. The van der Waals surface area contributed by atoms with Crippen molar-refractivity contribution in [2.24, 2.45) is 0 Å². The molecule has 0 spiro atoms. The van der Waals surface area contributed by atoms with Crippen LogP contribution in [0.15, 0.2) is 24.3 Å². The molecule has 1 aromatic rings. The van der Waals surface area contributed by atoms with E-state index in [1.807, 2.05) is 0 Å². The summed E-state index contributed by atoms with van der Waals surface area (Å²) >= 11 is 0. The van der Waals surface area contributed by atoms with Gasteiger partial charge in [0.2, 0.25) is 0 Å². The van der Waals surface area contributed by atoms with Gasteiger partial charge >= 0.3 is 0 Å². The lowest BCUT2D eigenvalue weighted by Gasteiger charge is -2.40. The van der Waals surface area contributed by atoms with Crippen molar-refractivity contribution < 1.29 is 13.9 Å². The van der Waals surface area contributed by atoms with Gasteiger partial charge in [0.15, 0.2) is 5.78 Å². The molecule has 0 bridgehead atoms. The summed E-state index contributed by atoms with van der Waals surface area (Å²) in [7, 11) is 1.64. The Morgan fingerprint density at radius 3 is 2.75 bits per heavy atom. The second kappa shape index (κ2) is 4.34. The largest absolute Gasteiger partial charge is 0.378 e. The highest BCUT2D eigenvalue weighted by Gasteiger charge is 2.39. The van der Waals surface area contributed by atoms with Crippen LogP contribution in [0.5, 0.6) is 0 Å². The quantitative estimate of drug-likeness (QED) is 0.732. The fraction of sp³-hybridized carbons (Fsp3) is 0.462. The molecule has 0 saturated heterocycles. The third kappa shape index (κ3) is 2.14. The summed E-state index contributed by atoms with van der Waals surface area (Å²) in [5.41, 5.74) is 0.145. The lowest BCUT2D eigenvalue weighted by molar-refractivity contribution is -0.0704. The van der Waals surface area contributed by atoms with Crippen molar-refractivity contribution in [1.82, 2.24) is 0 Å². The number of rotatable bonds is 4. The van der Waals surface area contributed by atoms with E-state index in [1.54, 1.807) is 19.2 Å². The normalized spacial score (nSPS) is 17.9. The van der Waals surface area contributed by atoms with Crippen LogP contribution in [-0.4, -0.2) is 18.5 Å². The van der Waals surface area contributed by atoms with Gasteiger partial charge in [-0.15, -0.1) is 0 Å². The van der Waals surface area contributed by atoms with Gasteiger partial charge in [-0.1, -0.05) is 12.1 Å². The summed E-state index contributed by atoms with van der Waals surface area (Å²) < 4.78 is 18.3. The molecule has 0 atom stereocenters. The number of carbonyl (C=O) groups is 1. The molecule has 0 amide bonds. The SMILES string of the molecule is COC1(CC(=O)c2cccc(F)c2)CCC1. The lowest BCUT2D eigenvalue weighted by Crippen LogP contribution is -2.41. The highest BCUT2D eigenvalue weighted by Crippen LogP contribution is 2.38. The molecule has 0 aliphatic heterocycles. The first-order valence-corrected chi connectivity index (χ1v) is 5.49. The zero-order valence-electron chi connectivity index (χ0n) is 9.33. The maximum Gasteiger partial charge on any atom is 0.165 e. The number of hydrogen-bond acceptors (Lipinski definition) is 2. The minimum absolute atomic E-state index is 0.0407. The molecule has 1 fully saturated rings. The molecule has 3 heteroatoms. The van der Waals surface area contributed by atoms with Crippen molar-refractivity contribution in [3.63, 3.8) is 0 Å². The molecule has 0 aromatic heterocycles. The van der Waals surface area contributed by atoms with E-state index in [1.165, 1.54) is 12.1 Å². The second-order valence-corrected chi connectivity index (χ2v) is 4.35. The van der Waals surface area contributed by atoms with Gasteiger partial charge in [-0.25, -0.2) is 4.39 Å². The molecule has 2 nitrogen and oxygen atoms in total. The van der Waals surface area contributed by atoms with Crippen LogP contribution in [0.2, 0.25) is 0 Å². The predicted molar refractivity (Wildman–Crippen MR) is 58.9 cm³/mol. The van der Waals surface area contributed by atoms with Crippen molar-refractivity contribution >= 4 is 5.78 Å². The number of ether oxygens (including phenoxy) is 1. The van der Waals surface area contributed by atoms with E-state index in [0.29, 0.717) is 12.0 Å². The molecule has 0 heterocycles. The Labute approximate surface area is 94.4 Å². The summed E-state index contributed by atoms with van der Waals surface area (Å²) in [5.74, 6) is -0.410. The van der Waals surface area contributed by atoms with E-state index in [2.05, 4.69) is 0 Å². The van der Waals surface area contributed by atoms with E-state index in [4.69, 9.17) is 4.74 Å². The molecule has 0 N–H and O–H groups in total. The molecular weight excluding hydrogens is 207 g/mol. The van der Waals surface area contributed by atoms with Crippen LogP contribution in [0, 0.1) is 5.82 Å². The number of benzene rings is 1. The van der Waals surface area contributed by atoms with Gasteiger partial charge in [0.25, 0.3) is 0 Å². The van der Waals surface area contributed by atoms with E-state index in [0.717, 1.165) is 19.3 Å². The maximum absolute atomic E-state index is 13.0. The van der Waals surface area contributed by atoms with Crippen LogP contribution in [0.4, 0.5) is 4.39 Å². The Morgan fingerprint density at radius 2 is 2.25 bits per heavy atom. The van der Waals surface area contributed by atoms with E-state index >= 15 is 0 Å². The van der Waals surface area contributed by atoms with Gasteiger partial charge < -0.3 is 4.74 Å². The fourth-order valence-corrected chi connectivity index (χ4v) is 2.08. The van der Waals surface area contributed by atoms with Crippen molar-refractivity contribution in [2.75, 3.05) is 7.11 Å². The van der Waals surface area contributed by atoms with Crippen molar-refractivity contribution in [3.05, 3.63) is 35.6 Å². The van der Waals surface area contributed by atoms with Crippen LogP contribution < -0.4 is 0 Å². The Balaban J connectivity index is 2.08. The smallest absolute Gasteiger partial charge is 0.165 e. The van der Waals surface area contributed by atoms with Crippen LogP contribution in [0.1, 0.15) is 36.0 Å². The van der Waals surface area contributed by atoms with Crippen molar-refractivity contribution in [3.8, 4) is 0 Å². The summed E-state index contributed by atoms with van der Waals surface area (Å²) in [6, 6.07) is 5.83. The Hall–Kier alpha value is -1.22. The molecule has 0 radical (unpaired) electrons. The third-order valence-corrected chi connectivity index (χ3v) is 3.33. The first kappa shape index (κ1) is 11.3. The highest BCUT2D eigenvalue weighted by atomic mass is 19.1.